The third-order valence-corrected chi connectivity index (χ3v) is 4.84. The number of carbonyl (C=O) groups is 1. The van der Waals surface area contributed by atoms with Gasteiger partial charge in [-0.25, -0.2) is 4.79 Å². The molecule has 1 fully saturated rings. The SMILES string of the molecule is Cc1ccc2[nH]c(=O)n(Cc3ccc(CN4CCCC4=O)cc3)c2c1. The van der Waals surface area contributed by atoms with Crippen molar-refractivity contribution < 1.29 is 4.79 Å². The number of fused-ring (bicyclic) bond motifs is 1. The van der Waals surface area contributed by atoms with Crippen LogP contribution in [-0.2, 0) is 17.9 Å². The molecule has 1 N–H and O–H groups in total. The van der Waals surface area contributed by atoms with Gasteiger partial charge in [0, 0.05) is 19.5 Å². The fourth-order valence-corrected chi connectivity index (χ4v) is 3.44. The summed E-state index contributed by atoms with van der Waals surface area (Å²) in [5.74, 6) is 0.241. The summed E-state index contributed by atoms with van der Waals surface area (Å²) in [6, 6.07) is 14.1. The van der Waals surface area contributed by atoms with Crippen LogP contribution in [0.2, 0.25) is 0 Å². The second-order valence-electron chi connectivity index (χ2n) is 6.77. The number of aromatic amines is 1. The maximum Gasteiger partial charge on any atom is 0.326 e. The van der Waals surface area contributed by atoms with Gasteiger partial charge in [-0.05, 0) is 42.2 Å². The van der Waals surface area contributed by atoms with Crippen molar-refractivity contribution in [2.24, 2.45) is 0 Å². The van der Waals surface area contributed by atoms with Gasteiger partial charge in [-0.15, -0.1) is 0 Å². The summed E-state index contributed by atoms with van der Waals surface area (Å²) in [5.41, 5.74) is 5.02. The zero-order valence-corrected chi connectivity index (χ0v) is 14.3. The number of amides is 1. The van der Waals surface area contributed by atoms with E-state index in [-0.39, 0.29) is 11.6 Å². The minimum Gasteiger partial charge on any atom is -0.338 e. The highest BCUT2D eigenvalue weighted by Crippen LogP contribution is 2.17. The molecule has 5 nitrogen and oxygen atoms in total. The summed E-state index contributed by atoms with van der Waals surface area (Å²) < 4.78 is 1.77. The lowest BCUT2D eigenvalue weighted by Gasteiger charge is -2.15. The van der Waals surface area contributed by atoms with E-state index in [4.69, 9.17) is 0 Å². The Hall–Kier alpha value is -2.82. The van der Waals surface area contributed by atoms with E-state index in [1.54, 1.807) is 4.57 Å². The first-order chi connectivity index (χ1) is 12.1. The third-order valence-electron chi connectivity index (χ3n) is 4.84. The molecule has 0 spiro atoms. The zero-order chi connectivity index (χ0) is 17.4. The summed E-state index contributed by atoms with van der Waals surface area (Å²) in [4.78, 5) is 28.8. The molecule has 2 heterocycles. The fourth-order valence-electron chi connectivity index (χ4n) is 3.44. The molecule has 0 radical (unpaired) electrons. The van der Waals surface area contributed by atoms with Crippen LogP contribution >= 0.6 is 0 Å². The summed E-state index contributed by atoms with van der Waals surface area (Å²) in [7, 11) is 0. The minimum absolute atomic E-state index is 0.0904. The number of nitrogens with one attached hydrogen (secondary N) is 1. The van der Waals surface area contributed by atoms with Gasteiger partial charge in [-0.3, -0.25) is 9.36 Å². The van der Waals surface area contributed by atoms with Gasteiger partial charge >= 0.3 is 5.69 Å². The number of benzene rings is 2. The van der Waals surface area contributed by atoms with Crippen LogP contribution < -0.4 is 5.69 Å². The number of hydrogen-bond donors (Lipinski definition) is 1. The summed E-state index contributed by atoms with van der Waals surface area (Å²) in [6.45, 7) is 4.08. The molecule has 1 aliphatic heterocycles. The number of aromatic nitrogens is 2. The Morgan fingerprint density at radius 2 is 1.72 bits per heavy atom. The van der Waals surface area contributed by atoms with Crippen molar-refractivity contribution in [3.05, 3.63) is 69.6 Å². The van der Waals surface area contributed by atoms with Crippen molar-refractivity contribution in [2.75, 3.05) is 6.54 Å². The highest BCUT2D eigenvalue weighted by atomic mass is 16.2. The average molecular weight is 335 g/mol. The van der Waals surface area contributed by atoms with Gasteiger partial charge in [0.2, 0.25) is 5.91 Å². The molecular formula is C20H21N3O2. The molecule has 0 bridgehead atoms. The van der Waals surface area contributed by atoms with Crippen molar-refractivity contribution in [1.82, 2.24) is 14.5 Å². The molecule has 25 heavy (non-hydrogen) atoms. The molecule has 0 saturated carbocycles. The van der Waals surface area contributed by atoms with Crippen molar-refractivity contribution in [3.63, 3.8) is 0 Å². The van der Waals surface area contributed by atoms with Gasteiger partial charge < -0.3 is 9.88 Å². The van der Waals surface area contributed by atoms with Gasteiger partial charge in [-0.2, -0.15) is 0 Å². The van der Waals surface area contributed by atoms with Crippen molar-refractivity contribution in [2.45, 2.75) is 32.9 Å². The quantitative estimate of drug-likeness (QED) is 0.797. The largest absolute Gasteiger partial charge is 0.338 e. The second kappa shape index (κ2) is 6.24. The second-order valence-corrected chi connectivity index (χ2v) is 6.77. The lowest BCUT2D eigenvalue weighted by molar-refractivity contribution is -0.128. The molecule has 0 unspecified atom stereocenters. The number of hydrogen-bond acceptors (Lipinski definition) is 2. The Bertz CT molecular complexity index is 982. The molecular weight excluding hydrogens is 314 g/mol. The predicted octanol–water partition coefficient (Wildman–Crippen LogP) is 2.81. The summed E-state index contributed by atoms with van der Waals surface area (Å²) in [6.07, 6.45) is 1.63. The van der Waals surface area contributed by atoms with E-state index in [0.717, 1.165) is 40.7 Å². The third kappa shape index (κ3) is 3.09. The summed E-state index contributed by atoms with van der Waals surface area (Å²) >= 11 is 0. The van der Waals surface area contributed by atoms with E-state index in [1.807, 2.05) is 54.3 Å². The molecule has 3 aromatic rings. The smallest absolute Gasteiger partial charge is 0.326 e. The van der Waals surface area contributed by atoms with Gasteiger partial charge in [0.15, 0.2) is 0 Å². The molecule has 0 atom stereocenters. The van der Waals surface area contributed by atoms with E-state index < -0.39 is 0 Å². The molecule has 1 aliphatic rings. The molecule has 4 rings (SSSR count). The van der Waals surface area contributed by atoms with Crippen LogP contribution in [0.4, 0.5) is 0 Å². The van der Waals surface area contributed by atoms with E-state index in [1.165, 1.54) is 0 Å². The maximum absolute atomic E-state index is 12.3. The first-order valence-electron chi connectivity index (χ1n) is 8.65. The van der Waals surface area contributed by atoms with Gasteiger partial charge in [0.25, 0.3) is 0 Å². The Morgan fingerprint density at radius 3 is 2.40 bits per heavy atom. The fraction of sp³-hybridized carbons (Fsp3) is 0.300. The molecule has 1 saturated heterocycles. The Balaban J connectivity index is 1.55. The number of likely N-dealkylation sites (tertiary alicyclic amines) is 1. The number of rotatable bonds is 4. The van der Waals surface area contributed by atoms with E-state index >= 15 is 0 Å². The Labute approximate surface area is 145 Å². The first kappa shape index (κ1) is 15.7. The van der Waals surface area contributed by atoms with Gasteiger partial charge in [-0.1, -0.05) is 30.3 Å². The average Bonchev–Trinajstić information content (AvgIpc) is 3.13. The number of H-pyrrole nitrogens is 1. The minimum atomic E-state index is -0.0904. The highest BCUT2D eigenvalue weighted by Gasteiger charge is 2.19. The predicted molar refractivity (Wildman–Crippen MR) is 97.5 cm³/mol. The molecule has 2 aromatic carbocycles. The van der Waals surface area contributed by atoms with Crippen LogP contribution in [0.15, 0.2) is 47.3 Å². The number of imidazole rings is 1. The topological polar surface area (TPSA) is 58.1 Å². The Morgan fingerprint density at radius 1 is 1.00 bits per heavy atom. The van der Waals surface area contributed by atoms with Crippen molar-refractivity contribution >= 4 is 16.9 Å². The normalized spacial score (nSPS) is 14.6. The number of nitrogens with zero attached hydrogens (tertiary/aromatic N) is 2. The van der Waals surface area contributed by atoms with Crippen LogP contribution in [0.3, 0.4) is 0 Å². The van der Waals surface area contributed by atoms with Crippen LogP contribution in [0, 0.1) is 6.92 Å². The lowest BCUT2D eigenvalue weighted by atomic mass is 10.1. The van der Waals surface area contributed by atoms with Crippen LogP contribution in [0.1, 0.15) is 29.5 Å². The molecule has 0 aliphatic carbocycles. The molecule has 128 valence electrons. The van der Waals surface area contributed by atoms with Gasteiger partial charge in [0.1, 0.15) is 0 Å². The van der Waals surface area contributed by atoms with Crippen LogP contribution in [0.5, 0.6) is 0 Å². The number of aryl methyl sites for hydroxylation is 1. The van der Waals surface area contributed by atoms with Crippen LogP contribution in [-0.4, -0.2) is 26.9 Å². The maximum atomic E-state index is 12.3. The Kier molecular flexibility index (Phi) is 3.92. The highest BCUT2D eigenvalue weighted by molar-refractivity contribution is 5.78. The summed E-state index contributed by atoms with van der Waals surface area (Å²) in [5, 5.41) is 0. The van der Waals surface area contributed by atoms with E-state index in [0.29, 0.717) is 19.5 Å². The zero-order valence-electron chi connectivity index (χ0n) is 14.3. The van der Waals surface area contributed by atoms with Crippen molar-refractivity contribution in [1.29, 1.82) is 0 Å². The van der Waals surface area contributed by atoms with Gasteiger partial charge in [0.05, 0.1) is 17.6 Å². The monoisotopic (exact) mass is 335 g/mol. The standard InChI is InChI=1S/C20H21N3O2/c1-14-4-9-17-18(11-14)23(20(25)21-17)13-16-7-5-15(6-8-16)12-22-10-2-3-19(22)24/h4-9,11H,2-3,10,12-13H2,1H3,(H,21,25). The first-order valence-corrected chi connectivity index (χ1v) is 8.65. The molecule has 1 amide bonds. The number of carbonyl (C=O) groups excluding carboxylic acids is 1. The van der Waals surface area contributed by atoms with E-state index in [2.05, 4.69) is 4.98 Å². The molecule has 5 heteroatoms. The van der Waals surface area contributed by atoms with Crippen LogP contribution in [0.25, 0.3) is 11.0 Å². The van der Waals surface area contributed by atoms with Crippen molar-refractivity contribution in [3.8, 4) is 0 Å². The lowest BCUT2D eigenvalue weighted by Crippen LogP contribution is -2.23. The van der Waals surface area contributed by atoms with E-state index in [9.17, 15) is 9.59 Å². The molecule has 1 aromatic heterocycles.